The first-order valence-electron chi connectivity index (χ1n) is 15.1. The predicted molar refractivity (Wildman–Crippen MR) is 174 cm³/mol. The molecule has 3 aromatic rings. The molecule has 3 amide bonds. The number of amides is 3. The van der Waals surface area contributed by atoms with Crippen molar-refractivity contribution in [1.82, 2.24) is 20.9 Å². The van der Waals surface area contributed by atoms with E-state index in [1.807, 2.05) is 48.5 Å². The summed E-state index contributed by atoms with van der Waals surface area (Å²) in [7, 11) is 0. The van der Waals surface area contributed by atoms with Gasteiger partial charge in [0.2, 0.25) is 11.8 Å². The molecule has 12 heteroatoms. The maximum Gasteiger partial charge on any atom is 0.407 e. The SMILES string of the molecule is C=CCOC(=O)C[C@H](O)[C@H](NC(=O)C(C)NC(=O)C(Cc1cscn1)NC(=O)OCC1c2ccccc2-c2ccccc21)C(C)C. The maximum absolute atomic E-state index is 13.4. The van der Waals surface area contributed by atoms with Gasteiger partial charge in [-0.3, -0.25) is 14.4 Å². The van der Waals surface area contributed by atoms with Crippen molar-refractivity contribution in [2.24, 2.45) is 5.92 Å². The number of benzene rings is 2. The maximum atomic E-state index is 13.4. The summed E-state index contributed by atoms with van der Waals surface area (Å²) in [6.45, 7) is 8.63. The molecule has 46 heavy (non-hydrogen) atoms. The monoisotopic (exact) mass is 648 g/mol. The molecule has 11 nitrogen and oxygen atoms in total. The van der Waals surface area contributed by atoms with Crippen LogP contribution in [0.4, 0.5) is 4.79 Å². The number of nitrogens with zero attached hydrogens (tertiary/aromatic N) is 1. The molecule has 0 radical (unpaired) electrons. The molecular formula is C34H40N4O7S. The Bertz CT molecular complexity index is 1480. The van der Waals surface area contributed by atoms with E-state index in [2.05, 4.69) is 27.5 Å². The fraction of sp³-hybridized carbons (Fsp3) is 0.382. The number of aromatic nitrogens is 1. The molecule has 0 spiro atoms. The lowest BCUT2D eigenvalue weighted by atomic mass is 9.96. The fourth-order valence-electron chi connectivity index (χ4n) is 5.42. The van der Waals surface area contributed by atoms with E-state index in [1.165, 1.54) is 24.3 Å². The molecule has 2 unspecified atom stereocenters. The molecule has 0 saturated heterocycles. The molecule has 2 aromatic carbocycles. The van der Waals surface area contributed by atoms with Crippen LogP contribution >= 0.6 is 11.3 Å². The zero-order valence-corrected chi connectivity index (χ0v) is 26.9. The smallest absolute Gasteiger partial charge is 0.407 e. The quantitative estimate of drug-likeness (QED) is 0.144. The summed E-state index contributed by atoms with van der Waals surface area (Å²) in [5.74, 6) is -2.20. The van der Waals surface area contributed by atoms with Crippen LogP contribution in [0, 0.1) is 5.92 Å². The number of ether oxygens (including phenoxy) is 2. The third-order valence-corrected chi connectivity index (χ3v) is 8.42. The van der Waals surface area contributed by atoms with Crippen LogP contribution in [0.5, 0.6) is 0 Å². The molecular weight excluding hydrogens is 608 g/mol. The minimum Gasteiger partial charge on any atom is -0.461 e. The molecule has 0 saturated carbocycles. The number of hydrogen-bond donors (Lipinski definition) is 4. The zero-order chi connectivity index (χ0) is 33.2. The minimum atomic E-state index is -1.21. The van der Waals surface area contributed by atoms with Crippen molar-refractivity contribution in [2.75, 3.05) is 13.2 Å². The Hall–Kier alpha value is -4.55. The lowest BCUT2D eigenvalue weighted by Crippen LogP contribution is -2.56. The first kappa shape index (κ1) is 34.3. The van der Waals surface area contributed by atoms with Crippen molar-refractivity contribution in [3.8, 4) is 11.1 Å². The van der Waals surface area contributed by atoms with Crippen LogP contribution in [-0.2, 0) is 30.3 Å². The van der Waals surface area contributed by atoms with Crippen LogP contribution in [0.3, 0.4) is 0 Å². The predicted octanol–water partition coefficient (Wildman–Crippen LogP) is 3.72. The van der Waals surface area contributed by atoms with Crippen molar-refractivity contribution >= 4 is 35.2 Å². The van der Waals surface area contributed by atoms with Crippen molar-refractivity contribution in [3.05, 3.63) is 88.9 Å². The second kappa shape index (κ2) is 16.1. The molecule has 0 fully saturated rings. The third kappa shape index (κ3) is 8.79. The van der Waals surface area contributed by atoms with E-state index >= 15 is 0 Å². The van der Waals surface area contributed by atoms with Crippen LogP contribution < -0.4 is 16.0 Å². The molecule has 4 atom stereocenters. The van der Waals surface area contributed by atoms with E-state index in [-0.39, 0.29) is 37.9 Å². The highest BCUT2D eigenvalue weighted by atomic mass is 32.1. The third-order valence-electron chi connectivity index (χ3n) is 7.78. The van der Waals surface area contributed by atoms with Crippen LogP contribution in [-0.4, -0.2) is 71.4 Å². The molecule has 1 aromatic heterocycles. The zero-order valence-electron chi connectivity index (χ0n) is 26.1. The van der Waals surface area contributed by atoms with E-state index in [0.717, 1.165) is 22.3 Å². The molecule has 0 bridgehead atoms. The van der Waals surface area contributed by atoms with E-state index in [0.29, 0.717) is 5.69 Å². The second-order valence-corrected chi connectivity index (χ2v) is 12.2. The summed E-state index contributed by atoms with van der Waals surface area (Å²) in [6.07, 6.45) is -0.816. The van der Waals surface area contributed by atoms with Gasteiger partial charge in [0.05, 0.1) is 29.8 Å². The summed E-state index contributed by atoms with van der Waals surface area (Å²) in [6, 6.07) is 13.1. The Labute approximate surface area is 272 Å². The van der Waals surface area contributed by atoms with Gasteiger partial charge in [-0.1, -0.05) is 75.0 Å². The van der Waals surface area contributed by atoms with Crippen LogP contribution in [0.1, 0.15) is 49.9 Å². The minimum absolute atomic E-state index is 0.0134. The number of esters is 1. The van der Waals surface area contributed by atoms with Crippen molar-refractivity contribution in [3.63, 3.8) is 0 Å². The van der Waals surface area contributed by atoms with Crippen molar-refractivity contribution < 1.29 is 33.8 Å². The van der Waals surface area contributed by atoms with Gasteiger partial charge in [0.1, 0.15) is 25.3 Å². The topological polar surface area (TPSA) is 156 Å². The molecule has 1 heterocycles. The van der Waals surface area contributed by atoms with Crippen molar-refractivity contribution in [1.29, 1.82) is 0 Å². The van der Waals surface area contributed by atoms with Gasteiger partial charge in [0.15, 0.2) is 0 Å². The summed E-state index contributed by atoms with van der Waals surface area (Å²) in [5.41, 5.74) is 6.53. The number of carbonyl (C=O) groups is 4. The van der Waals surface area contributed by atoms with Gasteiger partial charge in [-0.2, -0.15) is 0 Å². The highest BCUT2D eigenvalue weighted by Crippen LogP contribution is 2.44. The van der Waals surface area contributed by atoms with Crippen LogP contribution in [0.2, 0.25) is 0 Å². The molecule has 4 N–H and O–H groups in total. The first-order chi connectivity index (χ1) is 22.1. The van der Waals surface area contributed by atoms with E-state index < -0.39 is 48.1 Å². The van der Waals surface area contributed by atoms with Gasteiger partial charge < -0.3 is 30.5 Å². The molecule has 244 valence electrons. The Kier molecular flexibility index (Phi) is 12.0. The van der Waals surface area contributed by atoms with Crippen LogP contribution in [0.15, 0.2) is 72.1 Å². The summed E-state index contributed by atoms with van der Waals surface area (Å²) in [4.78, 5) is 55.8. The highest BCUT2D eigenvalue weighted by molar-refractivity contribution is 7.07. The Balaban J connectivity index is 1.37. The Morgan fingerprint density at radius 1 is 0.957 bits per heavy atom. The summed E-state index contributed by atoms with van der Waals surface area (Å²) < 4.78 is 10.6. The molecule has 4 rings (SSSR count). The van der Waals surface area contributed by atoms with E-state index in [9.17, 15) is 24.3 Å². The van der Waals surface area contributed by atoms with Gasteiger partial charge >= 0.3 is 12.1 Å². The standard InChI is InChI=1S/C34H40N4O7S/c1-5-14-44-30(40)16-29(39)31(20(2)3)38-32(41)21(4)36-33(42)28(15-22-18-46-19-35-22)37-34(43)45-17-27-25-12-8-6-10-23(25)24-11-7-9-13-26(24)27/h5-13,18-21,27-29,31,39H,1,14-17H2,2-4H3,(H,36,42)(H,37,43)(H,38,41)/t21?,28?,29-,31+/m0/s1. The number of rotatable bonds is 15. The lowest BCUT2D eigenvalue weighted by molar-refractivity contribution is -0.145. The number of fused-ring (bicyclic) bond motifs is 3. The fourth-order valence-corrected chi connectivity index (χ4v) is 5.99. The average Bonchev–Trinajstić information content (AvgIpc) is 3.66. The van der Waals surface area contributed by atoms with Gasteiger partial charge in [0, 0.05) is 17.7 Å². The van der Waals surface area contributed by atoms with E-state index in [4.69, 9.17) is 9.47 Å². The number of alkyl carbamates (subject to hydrolysis) is 1. The number of thiazole rings is 1. The number of carbonyl (C=O) groups excluding carboxylic acids is 4. The Morgan fingerprint density at radius 3 is 2.20 bits per heavy atom. The lowest BCUT2D eigenvalue weighted by Gasteiger charge is -2.29. The van der Waals surface area contributed by atoms with Gasteiger partial charge in [-0.15, -0.1) is 11.3 Å². The first-order valence-corrected chi connectivity index (χ1v) is 16.1. The highest BCUT2D eigenvalue weighted by Gasteiger charge is 2.32. The largest absolute Gasteiger partial charge is 0.461 e. The van der Waals surface area contributed by atoms with E-state index in [1.54, 1.807) is 24.7 Å². The Morgan fingerprint density at radius 2 is 1.61 bits per heavy atom. The van der Waals surface area contributed by atoms with Gasteiger partial charge in [-0.05, 0) is 35.1 Å². The summed E-state index contributed by atoms with van der Waals surface area (Å²) >= 11 is 1.35. The normalized spacial score (nSPS) is 14.6. The number of nitrogens with one attached hydrogen (secondary N) is 3. The van der Waals surface area contributed by atoms with Crippen molar-refractivity contribution in [2.45, 2.75) is 63.8 Å². The number of hydrogen-bond acceptors (Lipinski definition) is 9. The molecule has 0 aliphatic heterocycles. The molecule has 1 aliphatic carbocycles. The molecule has 1 aliphatic rings. The van der Waals surface area contributed by atoms with Gasteiger partial charge in [-0.25, -0.2) is 9.78 Å². The van der Waals surface area contributed by atoms with Gasteiger partial charge in [0.25, 0.3) is 0 Å². The summed E-state index contributed by atoms with van der Waals surface area (Å²) in [5, 5.41) is 20.4. The number of aliphatic hydroxyl groups excluding tert-OH is 1. The average molecular weight is 649 g/mol. The number of aliphatic hydroxyl groups is 1. The second-order valence-electron chi connectivity index (χ2n) is 11.5. The van der Waals surface area contributed by atoms with Crippen LogP contribution in [0.25, 0.3) is 11.1 Å².